The van der Waals surface area contributed by atoms with Gasteiger partial charge in [0.25, 0.3) is 15.6 Å². The van der Waals surface area contributed by atoms with Crippen LogP contribution in [0.2, 0.25) is 0 Å². The predicted molar refractivity (Wildman–Crippen MR) is 160 cm³/mol. The zero-order valence-electron chi connectivity index (χ0n) is 26.6. The number of nitrogens with zero attached hydrogens (tertiary/aromatic N) is 2. The van der Waals surface area contributed by atoms with Gasteiger partial charge in [0, 0.05) is 23.2 Å². The van der Waals surface area contributed by atoms with Crippen molar-refractivity contribution in [3.05, 3.63) is 48.8 Å². The molecule has 0 aliphatic heterocycles. The summed E-state index contributed by atoms with van der Waals surface area (Å²) in [6.07, 6.45) is 3.60. The second kappa shape index (κ2) is 16.2. The third kappa shape index (κ3) is 19.1. The Labute approximate surface area is 260 Å². The summed E-state index contributed by atoms with van der Waals surface area (Å²) in [6.45, 7) is 19.9. The molecule has 0 aliphatic carbocycles. The fourth-order valence-corrected chi connectivity index (χ4v) is 5.82. The van der Waals surface area contributed by atoms with Crippen LogP contribution in [0.1, 0.15) is 83.1 Å². The Hall–Kier alpha value is -1.26. The molecule has 2 heterocycles. The Morgan fingerprint density at radius 2 is 0.786 bits per heavy atom. The van der Waals surface area contributed by atoms with Gasteiger partial charge in [0.05, 0.1) is 33.4 Å². The van der Waals surface area contributed by atoms with E-state index >= 15 is 0 Å². The van der Waals surface area contributed by atoms with Crippen LogP contribution in [0.4, 0.5) is 0 Å². The van der Waals surface area contributed by atoms with E-state index in [9.17, 15) is 18.9 Å². The van der Waals surface area contributed by atoms with E-state index < -0.39 is 38.0 Å². The fraction of sp³-hybridized carbons (Fsp3) is 0.571. The summed E-state index contributed by atoms with van der Waals surface area (Å²) in [5.41, 5.74) is -1.04. The van der Waals surface area contributed by atoms with Gasteiger partial charge >= 0.3 is 17.1 Å². The molecule has 42 heavy (non-hydrogen) atoms. The van der Waals surface area contributed by atoms with Crippen molar-refractivity contribution in [2.45, 2.75) is 105 Å². The number of hydrogen-bond donors (Lipinski definition) is 0. The molecule has 1 aromatic carbocycles. The van der Waals surface area contributed by atoms with E-state index in [1.54, 1.807) is 95.5 Å². The Morgan fingerprint density at radius 3 is 1.00 bits per heavy atom. The van der Waals surface area contributed by atoms with Gasteiger partial charge in [0.1, 0.15) is 0 Å². The average molecular weight is 681 g/mol. The van der Waals surface area contributed by atoms with E-state index in [4.69, 9.17) is 18.1 Å². The Bertz CT molecular complexity index is 1200. The first-order valence-corrected chi connectivity index (χ1v) is 15.7. The molecule has 11 nitrogen and oxygen atoms in total. The Kier molecular flexibility index (Phi) is 16.5. The number of aromatic nitrogens is 2. The topological polar surface area (TPSA) is 176 Å². The minimum atomic E-state index is -4.19. The minimum Gasteiger partial charge on any atom is -0.756 e. The second-order valence-corrected chi connectivity index (χ2v) is 15.4. The summed E-state index contributed by atoms with van der Waals surface area (Å²) in [6, 6.07) is 12.1. The molecule has 2 aromatic heterocycles. The van der Waals surface area contributed by atoms with Gasteiger partial charge in [0.2, 0.25) is 0 Å². The van der Waals surface area contributed by atoms with Gasteiger partial charge in [-0.1, -0.05) is 24.3 Å². The molecule has 0 unspecified atom stereocenters. The molecule has 0 fully saturated rings. The van der Waals surface area contributed by atoms with Crippen LogP contribution in [0.5, 0.6) is 0 Å². The summed E-state index contributed by atoms with van der Waals surface area (Å²) in [7, 11) is -8.37. The standard InChI is InChI=1S/C12H8N2.2C8H19O4P.Cu.H2O/c1-3-9-5-6-10-4-2-8-14-12(10)11(9)13-7-1;2*1-7(2,3)11-13(9,10)12-8(4,5)6;;/h1-8H;2*1-6H3,(H,9,10);;1H2/q;;;+2;/p-1. The van der Waals surface area contributed by atoms with Crippen molar-refractivity contribution in [3.8, 4) is 0 Å². The molecule has 0 saturated heterocycles. The summed E-state index contributed by atoms with van der Waals surface area (Å²) >= 11 is 0. The summed E-state index contributed by atoms with van der Waals surface area (Å²) in [5, 5.41) is 2.28. The van der Waals surface area contributed by atoms with Gasteiger partial charge in [-0.05, 0) is 95.2 Å². The molecule has 3 N–H and O–H groups in total. The first-order valence-electron chi connectivity index (χ1n) is 12.8. The van der Waals surface area contributed by atoms with Gasteiger partial charge in [-0.15, -0.1) is 0 Å². The molecule has 14 heteroatoms. The molecule has 0 aliphatic rings. The minimum absolute atomic E-state index is 0. The third-order valence-electron chi connectivity index (χ3n) is 3.89. The predicted octanol–water partition coefficient (Wildman–Crippen LogP) is 6.03. The molecule has 0 saturated carbocycles. The molecule has 0 atom stereocenters. The van der Waals surface area contributed by atoms with Crippen LogP contribution in [-0.2, 0) is 49.8 Å². The maximum Gasteiger partial charge on any atom is 2.00 e. The monoisotopic (exact) mass is 680 g/mol. The second-order valence-electron chi connectivity index (χ2n) is 12.9. The first-order chi connectivity index (χ1) is 17.8. The summed E-state index contributed by atoms with van der Waals surface area (Å²) in [4.78, 5) is 31.2. The van der Waals surface area contributed by atoms with Gasteiger partial charge < -0.3 is 33.4 Å². The Balaban J connectivity index is 0. The van der Waals surface area contributed by atoms with Gasteiger partial charge in [-0.25, -0.2) is 0 Å². The van der Waals surface area contributed by atoms with Crippen LogP contribution in [-0.4, -0.2) is 32.4 Å². The van der Waals surface area contributed by atoms with Crippen molar-refractivity contribution in [1.82, 2.24) is 9.97 Å². The largest absolute Gasteiger partial charge is 2.00 e. The van der Waals surface area contributed by atoms with Crippen LogP contribution in [0.3, 0.4) is 0 Å². The number of phosphoric acid groups is 2. The normalized spacial score (nSPS) is 12.7. The molecule has 0 spiro atoms. The zero-order valence-corrected chi connectivity index (χ0v) is 29.3. The third-order valence-corrected chi connectivity index (χ3v) is 6.97. The van der Waals surface area contributed by atoms with Gasteiger partial charge in [-0.2, -0.15) is 0 Å². The Morgan fingerprint density at radius 1 is 0.548 bits per heavy atom. The number of rotatable bonds is 4. The number of pyridine rings is 2. The molecule has 0 bridgehead atoms. The number of fused-ring (bicyclic) bond motifs is 3. The fourth-order valence-electron chi connectivity index (χ4n) is 3.06. The quantitative estimate of drug-likeness (QED) is 0.137. The van der Waals surface area contributed by atoms with Crippen LogP contribution in [0, 0.1) is 0 Å². The van der Waals surface area contributed by atoms with E-state index in [-0.39, 0.29) is 22.5 Å². The van der Waals surface area contributed by atoms with E-state index in [0.717, 1.165) is 21.8 Å². The number of phosphoric ester groups is 2. The van der Waals surface area contributed by atoms with Crippen LogP contribution in [0.15, 0.2) is 48.8 Å². The smallest absolute Gasteiger partial charge is 0.756 e. The zero-order chi connectivity index (χ0) is 31.2. The van der Waals surface area contributed by atoms with Gasteiger partial charge in [-0.3, -0.25) is 19.1 Å². The first kappa shape index (κ1) is 42.9. The maximum atomic E-state index is 11.2. The van der Waals surface area contributed by atoms with Crippen molar-refractivity contribution in [3.63, 3.8) is 0 Å². The van der Waals surface area contributed by atoms with E-state index in [1.807, 2.05) is 12.1 Å². The van der Waals surface area contributed by atoms with Crippen molar-refractivity contribution in [1.29, 1.82) is 0 Å². The molecule has 0 amide bonds. The van der Waals surface area contributed by atoms with Crippen molar-refractivity contribution >= 4 is 37.5 Å². The van der Waals surface area contributed by atoms with E-state index in [1.165, 1.54) is 0 Å². The van der Waals surface area contributed by atoms with E-state index in [2.05, 4.69) is 34.2 Å². The van der Waals surface area contributed by atoms with E-state index in [0.29, 0.717) is 0 Å². The van der Waals surface area contributed by atoms with Gasteiger partial charge in [0.15, 0.2) is 0 Å². The molecule has 3 rings (SSSR count). The molecular weight excluding hydrogens is 634 g/mol. The molecule has 3 aromatic rings. The molecular formula is C28H47CuN2O9P2+. The van der Waals surface area contributed by atoms with Crippen molar-refractivity contribution < 1.29 is 59.6 Å². The number of benzene rings is 1. The van der Waals surface area contributed by atoms with Crippen LogP contribution in [0.25, 0.3) is 21.8 Å². The summed E-state index contributed by atoms with van der Waals surface area (Å²) < 4.78 is 41.6. The maximum absolute atomic E-state index is 11.2. The summed E-state index contributed by atoms with van der Waals surface area (Å²) in [5.74, 6) is 0. The SMILES string of the molecule is CC(C)(C)OP(=O)([O-])OC(C)(C)C.CC(C)(C)OP(=O)([O-])OC(C)(C)C.[Cu+2].[OH3+].c1cnc2c(c1)ccc1cccnc12. The van der Waals surface area contributed by atoms with Crippen molar-refractivity contribution in [2.75, 3.05) is 0 Å². The molecule has 243 valence electrons. The average Bonchev–Trinajstić information content (AvgIpc) is 2.67. The van der Waals surface area contributed by atoms with Crippen LogP contribution >= 0.6 is 15.6 Å². The molecule has 1 radical (unpaired) electrons. The van der Waals surface area contributed by atoms with Crippen LogP contribution < -0.4 is 9.79 Å². The van der Waals surface area contributed by atoms with Crippen molar-refractivity contribution in [2.24, 2.45) is 0 Å². The number of hydrogen-bond acceptors (Lipinski definition) is 10.